The normalized spacial score (nSPS) is 10.8. The van der Waals surface area contributed by atoms with Crippen LogP contribution in [0.3, 0.4) is 0 Å². The topological polar surface area (TPSA) is 93.0 Å². The van der Waals surface area contributed by atoms with Crippen molar-refractivity contribution >= 4 is 34.4 Å². The smallest absolute Gasteiger partial charge is 0.336 e. The number of halogens is 1. The number of aromatic nitrogens is 3. The molecule has 108 valence electrons. The number of furan rings is 1. The van der Waals surface area contributed by atoms with Crippen LogP contribution in [-0.4, -0.2) is 28.2 Å². The molecule has 0 radical (unpaired) electrons. The molecule has 3 aromatic rings. The summed E-state index contributed by atoms with van der Waals surface area (Å²) in [5.41, 5.74) is 1.30. The fraction of sp³-hybridized carbons (Fsp3) is 0.154. The highest BCUT2D eigenvalue weighted by Gasteiger charge is 2.19. The number of rotatable bonds is 3. The number of aromatic amines is 1. The van der Waals surface area contributed by atoms with Crippen molar-refractivity contribution in [2.24, 2.45) is 0 Å². The number of anilines is 1. The number of carbonyl (C=O) groups is 1. The molecule has 0 bridgehead atoms. The van der Waals surface area contributed by atoms with E-state index in [2.05, 4.69) is 20.5 Å². The third kappa shape index (κ3) is 2.43. The van der Waals surface area contributed by atoms with Gasteiger partial charge < -0.3 is 9.15 Å². The van der Waals surface area contributed by atoms with Gasteiger partial charge in [0.25, 0.3) is 5.91 Å². The molecule has 0 unspecified atom stereocenters. The number of amides is 1. The highest BCUT2D eigenvalue weighted by Crippen LogP contribution is 2.28. The number of nitrogens with zero attached hydrogens (tertiary/aromatic N) is 2. The Kier molecular flexibility index (Phi) is 3.26. The average Bonchev–Trinajstić information content (AvgIpc) is 3.04. The van der Waals surface area contributed by atoms with Crippen LogP contribution in [0.1, 0.15) is 16.1 Å². The second kappa shape index (κ2) is 5.10. The van der Waals surface area contributed by atoms with Crippen LogP contribution in [0.5, 0.6) is 6.01 Å². The lowest BCUT2D eigenvalue weighted by atomic mass is 10.1. The van der Waals surface area contributed by atoms with Gasteiger partial charge >= 0.3 is 6.01 Å². The van der Waals surface area contributed by atoms with Crippen LogP contribution in [0.2, 0.25) is 5.02 Å². The van der Waals surface area contributed by atoms with Crippen molar-refractivity contribution in [2.45, 2.75) is 6.92 Å². The van der Waals surface area contributed by atoms with E-state index in [4.69, 9.17) is 20.8 Å². The number of hydrogen-bond acceptors (Lipinski definition) is 5. The summed E-state index contributed by atoms with van der Waals surface area (Å²) >= 11 is 5.95. The molecule has 2 heterocycles. The molecule has 0 aliphatic rings. The maximum absolute atomic E-state index is 12.2. The number of ether oxygens (including phenoxy) is 1. The highest BCUT2D eigenvalue weighted by molar-refractivity contribution is 6.31. The molecule has 1 amide bonds. The van der Waals surface area contributed by atoms with Crippen molar-refractivity contribution in [1.29, 1.82) is 0 Å². The highest BCUT2D eigenvalue weighted by atomic mass is 35.5. The van der Waals surface area contributed by atoms with Crippen molar-refractivity contribution in [3.8, 4) is 6.01 Å². The van der Waals surface area contributed by atoms with Gasteiger partial charge in [-0.05, 0) is 25.1 Å². The number of benzene rings is 1. The van der Waals surface area contributed by atoms with Crippen LogP contribution in [0.15, 0.2) is 22.6 Å². The van der Waals surface area contributed by atoms with E-state index >= 15 is 0 Å². The summed E-state index contributed by atoms with van der Waals surface area (Å²) in [5, 5.41) is 10.2. The first-order chi connectivity index (χ1) is 10.1. The first kappa shape index (κ1) is 13.4. The zero-order chi connectivity index (χ0) is 15.0. The number of methoxy groups -OCH3 is 1. The van der Waals surface area contributed by atoms with E-state index in [0.29, 0.717) is 16.2 Å². The van der Waals surface area contributed by atoms with Crippen LogP contribution in [0, 0.1) is 6.92 Å². The Labute approximate surface area is 124 Å². The molecule has 0 aliphatic carbocycles. The van der Waals surface area contributed by atoms with Crippen molar-refractivity contribution in [3.63, 3.8) is 0 Å². The second-order valence-corrected chi connectivity index (χ2v) is 4.76. The minimum absolute atomic E-state index is 0.137. The Bertz CT molecular complexity index is 824. The summed E-state index contributed by atoms with van der Waals surface area (Å²) in [6.45, 7) is 1.79. The molecule has 0 fully saturated rings. The van der Waals surface area contributed by atoms with Crippen molar-refractivity contribution in [3.05, 3.63) is 34.5 Å². The van der Waals surface area contributed by atoms with Gasteiger partial charge in [-0.2, -0.15) is 4.98 Å². The predicted octanol–water partition coefficient (Wildman–Crippen LogP) is 2.77. The molecular weight excluding hydrogens is 296 g/mol. The number of carbonyl (C=O) groups excluding carboxylic acids is 1. The summed E-state index contributed by atoms with van der Waals surface area (Å²) in [4.78, 5) is 16.1. The fourth-order valence-corrected chi connectivity index (χ4v) is 2.14. The van der Waals surface area contributed by atoms with Crippen LogP contribution in [-0.2, 0) is 0 Å². The van der Waals surface area contributed by atoms with Gasteiger partial charge in [0.15, 0.2) is 5.76 Å². The molecule has 1 aromatic carbocycles. The van der Waals surface area contributed by atoms with Gasteiger partial charge in [-0.3, -0.25) is 10.1 Å². The number of hydrogen-bond donors (Lipinski definition) is 2. The third-order valence-electron chi connectivity index (χ3n) is 2.98. The third-order valence-corrected chi connectivity index (χ3v) is 3.22. The van der Waals surface area contributed by atoms with E-state index in [0.717, 1.165) is 5.39 Å². The lowest BCUT2D eigenvalue weighted by Crippen LogP contribution is -2.13. The molecule has 3 rings (SSSR count). The monoisotopic (exact) mass is 306 g/mol. The zero-order valence-corrected chi connectivity index (χ0v) is 12.0. The second-order valence-electron chi connectivity index (χ2n) is 4.32. The minimum Gasteiger partial charge on any atom is -0.466 e. The quantitative estimate of drug-likeness (QED) is 0.776. The molecule has 0 spiro atoms. The van der Waals surface area contributed by atoms with Crippen molar-refractivity contribution < 1.29 is 13.9 Å². The standard InChI is InChI=1S/C13H11ClN4O3/c1-6-8-5-7(14)3-4-9(8)21-10(6)11(19)15-12-16-13(20-2)18-17-12/h3-5H,1-2H3,(H2,15,16,17,18,19). The van der Waals surface area contributed by atoms with E-state index in [1.807, 2.05) is 0 Å². The van der Waals surface area contributed by atoms with E-state index in [9.17, 15) is 4.79 Å². The Hall–Kier alpha value is -2.54. The van der Waals surface area contributed by atoms with Gasteiger partial charge in [0.1, 0.15) is 5.58 Å². The average molecular weight is 307 g/mol. The summed E-state index contributed by atoms with van der Waals surface area (Å²) in [6.07, 6.45) is 0. The SMILES string of the molecule is COc1n[nH]c(NC(=O)c2oc3ccc(Cl)cc3c2C)n1. The fourth-order valence-electron chi connectivity index (χ4n) is 1.97. The molecule has 0 aliphatic heterocycles. The molecule has 8 heteroatoms. The maximum atomic E-state index is 12.2. The largest absolute Gasteiger partial charge is 0.466 e. The first-order valence-corrected chi connectivity index (χ1v) is 6.42. The van der Waals surface area contributed by atoms with Crippen LogP contribution in [0.4, 0.5) is 5.95 Å². The maximum Gasteiger partial charge on any atom is 0.336 e. The molecule has 2 aromatic heterocycles. The molecule has 21 heavy (non-hydrogen) atoms. The number of nitrogens with one attached hydrogen (secondary N) is 2. The van der Waals surface area contributed by atoms with E-state index in [1.54, 1.807) is 25.1 Å². The lowest BCUT2D eigenvalue weighted by molar-refractivity contribution is 0.0997. The Morgan fingerprint density at radius 1 is 1.48 bits per heavy atom. The summed E-state index contributed by atoms with van der Waals surface area (Å²) in [6, 6.07) is 5.32. The van der Waals surface area contributed by atoms with Gasteiger partial charge in [-0.15, -0.1) is 5.10 Å². The van der Waals surface area contributed by atoms with Gasteiger partial charge in [0.05, 0.1) is 7.11 Å². The van der Waals surface area contributed by atoms with Crippen LogP contribution >= 0.6 is 11.6 Å². The Morgan fingerprint density at radius 2 is 2.29 bits per heavy atom. The van der Waals surface area contributed by atoms with Gasteiger partial charge in [0, 0.05) is 16.0 Å². The van der Waals surface area contributed by atoms with Crippen molar-refractivity contribution in [1.82, 2.24) is 15.2 Å². The molecule has 0 saturated carbocycles. The van der Waals surface area contributed by atoms with E-state index in [1.165, 1.54) is 7.11 Å². The summed E-state index contributed by atoms with van der Waals surface area (Å²) in [7, 11) is 1.43. The minimum atomic E-state index is -0.432. The molecular formula is C13H11ClN4O3. The molecule has 0 saturated heterocycles. The first-order valence-electron chi connectivity index (χ1n) is 6.05. The summed E-state index contributed by atoms with van der Waals surface area (Å²) in [5.74, 6) is -0.0593. The number of aryl methyl sites for hydroxylation is 1. The van der Waals surface area contributed by atoms with Gasteiger partial charge in [-0.1, -0.05) is 11.6 Å². The van der Waals surface area contributed by atoms with Crippen LogP contribution in [0.25, 0.3) is 11.0 Å². The molecule has 7 nitrogen and oxygen atoms in total. The zero-order valence-electron chi connectivity index (χ0n) is 11.2. The van der Waals surface area contributed by atoms with E-state index in [-0.39, 0.29) is 17.7 Å². The van der Waals surface area contributed by atoms with Gasteiger partial charge in [-0.25, -0.2) is 5.10 Å². The van der Waals surface area contributed by atoms with E-state index < -0.39 is 5.91 Å². The number of fused-ring (bicyclic) bond motifs is 1. The number of H-pyrrole nitrogens is 1. The predicted molar refractivity (Wildman–Crippen MR) is 76.8 cm³/mol. The van der Waals surface area contributed by atoms with Crippen molar-refractivity contribution in [2.75, 3.05) is 12.4 Å². The Morgan fingerprint density at radius 3 is 3.00 bits per heavy atom. The summed E-state index contributed by atoms with van der Waals surface area (Å²) < 4.78 is 10.4. The molecule has 2 N–H and O–H groups in total. The Balaban J connectivity index is 1.92. The lowest BCUT2D eigenvalue weighted by Gasteiger charge is -1.98. The van der Waals surface area contributed by atoms with Crippen LogP contribution < -0.4 is 10.1 Å². The van der Waals surface area contributed by atoms with Gasteiger partial charge in [0.2, 0.25) is 5.95 Å². The molecule has 0 atom stereocenters.